The summed E-state index contributed by atoms with van der Waals surface area (Å²) >= 11 is 2.44. The van der Waals surface area contributed by atoms with Crippen molar-refractivity contribution >= 4 is 46.3 Å². The predicted molar refractivity (Wildman–Crippen MR) is 125 cm³/mol. The van der Waals surface area contributed by atoms with Crippen molar-refractivity contribution in [2.75, 3.05) is 31.0 Å². The Bertz CT molecular complexity index is 1010. The lowest BCUT2D eigenvalue weighted by molar-refractivity contribution is -0.149. The maximum Gasteiger partial charge on any atom is 0.427 e. The predicted octanol–water partition coefficient (Wildman–Crippen LogP) is 4.69. The number of carbonyl (C=O) groups is 2. The van der Waals surface area contributed by atoms with Crippen molar-refractivity contribution in [2.45, 2.75) is 63.5 Å². The highest BCUT2D eigenvalue weighted by Crippen LogP contribution is 2.51. The number of rotatable bonds is 2. The van der Waals surface area contributed by atoms with Crippen LogP contribution in [0.4, 0.5) is 24.2 Å². The number of ether oxygens (including phenoxy) is 3. The number of nitrogens with one attached hydrogen (secondary N) is 1. The number of thioether (sulfide) groups is 1. The highest BCUT2D eigenvalue weighted by molar-refractivity contribution is 8.13. The molecule has 4 heterocycles. The van der Waals surface area contributed by atoms with Gasteiger partial charge >= 0.3 is 12.2 Å². The first-order valence-corrected chi connectivity index (χ1v) is 12.7. The molecule has 4 bridgehead atoms. The number of amidine groups is 1. The van der Waals surface area contributed by atoms with Gasteiger partial charge in [0.15, 0.2) is 10.9 Å². The molecule has 1 fully saturated rings. The van der Waals surface area contributed by atoms with Gasteiger partial charge in [-0.15, -0.1) is 11.3 Å². The van der Waals surface area contributed by atoms with Crippen LogP contribution in [0, 0.1) is 5.92 Å². The highest BCUT2D eigenvalue weighted by Gasteiger charge is 2.56. The normalized spacial score (nSPS) is 28.0. The number of cyclic esters (lactones) is 1. The first-order chi connectivity index (χ1) is 15.8. The Labute approximate surface area is 204 Å². The van der Waals surface area contributed by atoms with Gasteiger partial charge in [-0.1, -0.05) is 11.8 Å². The smallest absolute Gasteiger partial charge is 0.427 e. The molecule has 34 heavy (non-hydrogen) atoms. The number of aliphatic imine (C=N–C) groups is 1. The Morgan fingerprint density at radius 3 is 2.71 bits per heavy atom. The molecule has 0 radical (unpaired) electrons. The molecule has 13 heteroatoms. The van der Waals surface area contributed by atoms with E-state index < -0.39 is 48.0 Å². The lowest BCUT2D eigenvalue weighted by Crippen LogP contribution is -2.57. The molecular weight excluding hydrogens is 490 g/mol. The average molecular weight is 519 g/mol. The number of amides is 2. The molecule has 2 amide bonds. The number of nitrogens with zero attached hydrogens (tertiary/aromatic N) is 3. The molecule has 0 aliphatic carbocycles. The number of aromatic nitrogens is 1. The second kappa shape index (κ2) is 8.59. The molecule has 4 rings (SSSR count). The van der Waals surface area contributed by atoms with Crippen molar-refractivity contribution in [1.29, 1.82) is 0 Å². The number of carbonyl (C=O) groups excluding carboxylic acids is 2. The Kier molecular flexibility index (Phi) is 6.35. The summed E-state index contributed by atoms with van der Waals surface area (Å²) in [5, 5.41) is 5.41. The Hall–Kier alpha value is -1.99. The first-order valence-electron chi connectivity index (χ1n) is 10.8. The van der Waals surface area contributed by atoms with Crippen molar-refractivity contribution in [3.05, 3.63) is 10.4 Å². The van der Waals surface area contributed by atoms with Gasteiger partial charge in [-0.05, 0) is 41.0 Å². The minimum atomic E-state index is -1.54. The lowest BCUT2D eigenvalue weighted by Gasteiger charge is -2.48. The zero-order valence-corrected chi connectivity index (χ0v) is 21.3. The summed E-state index contributed by atoms with van der Waals surface area (Å²) in [6.45, 7) is 6.21. The third kappa shape index (κ3) is 4.61. The minimum absolute atomic E-state index is 0.0570. The second-order valence-corrected chi connectivity index (χ2v) is 12.0. The zero-order chi connectivity index (χ0) is 24.9. The molecule has 1 aromatic heterocycles. The lowest BCUT2D eigenvalue weighted by atomic mass is 9.76. The maximum absolute atomic E-state index is 13.8. The van der Waals surface area contributed by atoms with Crippen LogP contribution in [-0.4, -0.2) is 69.9 Å². The molecule has 0 saturated carbocycles. The van der Waals surface area contributed by atoms with Gasteiger partial charge in [0.25, 0.3) is 0 Å². The van der Waals surface area contributed by atoms with Gasteiger partial charge < -0.3 is 19.5 Å². The number of alkyl halides is 2. The van der Waals surface area contributed by atoms with Gasteiger partial charge in [0.2, 0.25) is 0 Å². The van der Waals surface area contributed by atoms with E-state index in [2.05, 4.69) is 10.3 Å². The third-order valence-electron chi connectivity index (χ3n) is 5.68. The number of hydrogen-bond donors (Lipinski definition) is 1. The van der Waals surface area contributed by atoms with E-state index in [1.54, 1.807) is 40.0 Å². The van der Waals surface area contributed by atoms with Gasteiger partial charge in [0.05, 0.1) is 6.61 Å². The van der Waals surface area contributed by atoms with Crippen LogP contribution in [0.2, 0.25) is 0 Å². The van der Waals surface area contributed by atoms with Crippen LogP contribution in [0.5, 0.6) is 0 Å². The van der Waals surface area contributed by atoms with Gasteiger partial charge in [0, 0.05) is 17.1 Å². The van der Waals surface area contributed by atoms with E-state index in [4.69, 9.17) is 19.2 Å². The number of thiazole rings is 1. The van der Waals surface area contributed by atoms with Crippen molar-refractivity contribution < 1.29 is 32.6 Å². The van der Waals surface area contributed by atoms with Crippen LogP contribution in [0.3, 0.4) is 0 Å². The van der Waals surface area contributed by atoms with Crippen molar-refractivity contribution in [1.82, 2.24) is 9.88 Å². The summed E-state index contributed by atoms with van der Waals surface area (Å²) < 4.78 is 44.4. The number of anilines is 1. The number of hydrogen-bond acceptors (Lipinski definition) is 10. The van der Waals surface area contributed by atoms with Gasteiger partial charge in [-0.2, -0.15) is 4.90 Å². The summed E-state index contributed by atoms with van der Waals surface area (Å²) in [6.07, 6.45) is -1.83. The van der Waals surface area contributed by atoms with Crippen LogP contribution in [0.25, 0.3) is 0 Å². The fourth-order valence-corrected chi connectivity index (χ4v) is 6.25. The fraction of sp³-hybridized carbons (Fsp3) is 0.714. The Balaban J connectivity index is 1.85. The largest absolute Gasteiger partial charge is 0.443 e. The molecule has 0 unspecified atom stereocenters. The first kappa shape index (κ1) is 25.1. The monoisotopic (exact) mass is 518 g/mol. The summed E-state index contributed by atoms with van der Waals surface area (Å²) in [5.74, 6) is 0.438. The van der Waals surface area contributed by atoms with Crippen LogP contribution >= 0.6 is 23.1 Å². The molecule has 1 N–H and O–H groups in total. The van der Waals surface area contributed by atoms with E-state index in [-0.39, 0.29) is 24.1 Å². The van der Waals surface area contributed by atoms with Crippen LogP contribution in [0.15, 0.2) is 10.4 Å². The van der Waals surface area contributed by atoms with E-state index in [0.717, 1.165) is 16.7 Å². The van der Waals surface area contributed by atoms with Crippen molar-refractivity contribution in [3.63, 3.8) is 0 Å². The van der Waals surface area contributed by atoms with Gasteiger partial charge in [-0.25, -0.2) is 28.3 Å². The SMILES string of the molecule is CC(C)(C)OC(=O)N1C(=O)OC(C)(C)Nc2csc(n2)[C@]23COC(CF)(CF)C[C@H]2CSC1=N3. The maximum atomic E-state index is 13.8. The highest BCUT2D eigenvalue weighted by atomic mass is 32.2. The standard InChI is InChI=1S/C21H28F2N4O5S2/c1-18(2,3)31-16(28)27-15-26-21(11-30-20(9-22,10-23)6-12(21)7-34-15)14-24-13(8-33-14)25-19(4,5)32-17(27)29/h8,12,25H,6-7,9-11H2,1-5H3/t12-,21-/m0/s1. The van der Waals surface area contributed by atoms with E-state index in [1.165, 1.54) is 11.3 Å². The second-order valence-electron chi connectivity index (χ2n) is 10.1. The van der Waals surface area contributed by atoms with Crippen LogP contribution in [0.1, 0.15) is 46.0 Å². The minimum Gasteiger partial charge on any atom is -0.443 e. The number of fused-ring (bicyclic) bond motifs is 2. The summed E-state index contributed by atoms with van der Waals surface area (Å²) in [4.78, 5) is 36.6. The van der Waals surface area contributed by atoms with E-state index >= 15 is 0 Å². The van der Waals surface area contributed by atoms with Crippen molar-refractivity contribution in [2.24, 2.45) is 10.9 Å². The van der Waals surface area contributed by atoms with E-state index in [1.807, 2.05) is 0 Å². The molecule has 3 aliphatic heterocycles. The van der Waals surface area contributed by atoms with Gasteiger partial charge in [0.1, 0.15) is 40.9 Å². The molecule has 1 aromatic rings. The van der Waals surface area contributed by atoms with E-state index in [9.17, 15) is 18.4 Å². The van der Waals surface area contributed by atoms with Gasteiger partial charge in [-0.3, -0.25) is 0 Å². The molecule has 1 saturated heterocycles. The summed E-state index contributed by atoms with van der Waals surface area (Å²) in [6, 6.07) is 0. The average Bonchev–Trinajstić information content (AvgIpc) is 3.19. The quantitative estimate of drug-likeness (QED) is 0.602. The topological polar surface area (TPSA) is 102 Å². The number of imide groups is 1. The summed E-state index contributed by atoms with van der Waals surface area (Å²) in [5.41, 5.74) is -4.77. The third-order valence-corrected chi connectivity index (χ3v) is 7.79. The molecule has 3 aliphatic rings. The number of halogens is 2. The molecule has 188 valence electrons. The molecular formula is C21H28F2N4O5S2. The molecule has 1 spiro atoms. The Morgan fingerprint density at radius 1 is 1.35 bits per heavy atom. The Morgan fingerprint density at radius 2 is 2.06 bits per heavy atom. The molecule has 0 aromatic carbocycles. The summed E-state index contributed by atoms with van der Waals surface area (Å²) in [7, 11) is 0. The van der Waals surface area contributed by atoms with Crippen LogP contribution < -0.4 is 5.32 Å². The van der Waals surface area contributed by atoms with Crippen molar-refractivity contribution in [3.8, 4) is 0 Å². The molecule has 2 atom stereocenters. The zero-order valence-electron chi connectivity index (χ0n) is 19.6. The van der Waals surface area contributed by atoms with E-state index in [0.29, 0.717) is 16.6 Å². The fourth-order valence-electron chi connectivity index (χ4n) is 4.04. The molecule has 9 nitrogen and oxygen atoms in total. The van der Waals surface area contributed by atoms with Crippen LogP contribution in [-0.2, 0) is 19.7 Å².